The zero-order valence-corrected chi connectivity index (χ0v) is 18.3. The van der Waals surface area contributed by atoms with Crippen molar-refractivity contribution in [2.75, 3.05) is 25.6 Å². The van der Waals surface area contributed by atoms with E-state index in [9.17, 15) is 18.0 Å². The molecule has 0 radical (unpaired) electrons. The van der Waals surface area contributed by atoms with Gasteiger partial charge in [-0.25, -0.2) is 0 Å². The Kier molecular flexibility index (Phi) is 7.59. The average Bonchev–Trinajstić information content (AvgIpc) is 3.10. The van der Waals surface area contributed by atoms with Crippen molar-refractivity contribution in [1.29, 1.82) is 0 Å². The summed E-state index contributed by atoms with van der Waals surface area (Å²) in [5.41, 5.74) is 0.687. The molecule has 1 N–H and O–H groups in total. The first-order valence-electron chi connectivity index (χ1n) is 9.98. The van der Waals surface area contributed by atoms with E-state index in [1.807, 2.05) is 0 Å². The number of carbonyl (C=O) groups is 1. The number of halogens is 3. The summed E-state index contributed by atoms with van der Waals surface area (Å²) in [5.74, 6) is 0.517. The standard InChI is InChI=1S/C23H23F3N2O5/c1-14-19(15(2)33-28-14)13-32-18-6-4-5-16(11-18)22(29)27-20-12-17(23(24,25)26)7-8-21(20)31-10-9-30-3/h4-8,11-12H,9-10,13H2,1-3H3,(H,27,29). The van der Waals surface area contributed by atoms with Crippen LogP contribution in [-0.4, -0.2) is 31.4 Å². The van der Waals surface area contributed by atoms with Gasteiger partial charge in [-0.3, -0.25) is 4.79 Å². The summed E-state index contributed by atoms with van der Waals surface area (Å²) in [5, 5.41) is 6.36. The second-order valence-corrected chi connectivity index (χ2v) is 7.12. The van der Waals surface area contributed by atoms with E-state index in [4.69, 9.17) is 18.7 Å². The number of carbonyl (C=O) groups excluding carboxylic acids is 1. The van der Waals surface area contributed by atoms with Gasteiger partial charge in [0.25, 0.3) is 5.91 Å². The predicted octanol–water partition coefficient (Wildman–Crippen LogP) is 5.17. The number of amides is 1. The van der Waals surface area contributed by atoms with E-state index in [0.29, 0.717) is 17.2 Å². The maximum Gasteiger partial charge on any atom is 0.416 e. The number of methoxy groups -OCH3 is 1. The SMILES string of the molecule is COCCOc1ccc(C(F)(F)F)cc1NC(=O)c1cccc(OCc2c(C)noc2C)c1. The van der Waals surface area contributed by atoms with Crippen LogP contribution in [0.3, 0.4) is 0 Å². The Labute approximate surface area is 188 Å². The highest BCUT2D eigenvalue weighted by Gasteiger charge is 2.31. The van der Waals surface area contributed by atoms with Crippen LogP contribution in [0.25, 0.3) is 0 Å². The van der Waals surface area contributed by atoms with E-state index in [1.54, 1.807) is 26.0 Å². The third-order valence-corrected chi connectivity index (χ3v) is 4.76. The lowest BCUT2D eigenvalue weighted by Gasteiger charge is -2.15. The monoisotopic (exact) mass is 464 g/mol. The molecule has 33 heavy (non-hydrogen) atoms. The fourth-order valence-corrected chi connectivity index (χ4v) is 2.95. The summed E-state index contributed by atoms with van der Waals surface area (Å²) in [6, 6.07) is 9.18. The molecule has 176 valence electrons. The molecule has 10 heteroatoms. The van der Waals surface area contributed by atoms with Gasteiger partial charge in [0.1, 0.15) is 30.5 Å². The molecule has 7 nitrogen and oxygen atoms in total. The van der Waals surface area contributed by atoms with E-state index >= 15 is 0 Å². The molecule has 0 atom stereocenters. The molecule has 3 rings (SSSR count). The van der Waals surface area contributed by atoms with Crippen molar-refractivity contribution in [2.24, 2.45) is 0 Å². The molecular formula is C23H23F3N2O5. The molecule has 0 saturated heterocycles. The number of aryl methyl sites for hydroxylation is 2. The van der Waals surface area contributed by atoms with Gasteiger partial charge in [-0.05, 0) is 50.2 Å². The predicted molar refractivity (Wildman–Crippen MR) is 114 cm³/mol. The number of aromatic nitrogens is 1. The Morgan fingerprint density at radius 3 is 2.55 bits per heavy atom. The molecule has 0 aliphatic carbocycles. The number of alkyl halides is 3. The quantitative estimate of drug-likeness (QED) is 0.440. The molecule has 0 bridgehead atoms. The normalized spacial score (nSPS) is 11.3. The highest BCUT2D eigenvalue weighted by Crippen LogP contribution is 2.35. The van der Waals surface area contributed by atoms with Crippen molar-refractivity contribution in [3.05, 3.63) is 70.6 Å². The Bertz CT molecular complexity index is 1090. The molecule has 2 aromatic carbocycles. The lowest BCUT2D eigenvalue weighted by molar-refractivity contribution is -0.137. The minimum Gasteiger partial charge on any atom is -0.489 e. The van der Waals surface area contributed by atoms with Crippen LogP contribution in [0, 0.1) is 13.8 Å². The Morgan fingerprint density at radius 1 is 1.09 bits per heavy atom. The fourth-order valence-electron chi connectivity index (χ4n) is 2.95. The molecule has 1 heterocycles. The second kappa shape index (κ2) is 10.4. The van der Waals surface area contributed by atoms with Gasteiger partial charge in [-0.15, -0.1) is 0 Å². The van der Waals surface area contributed by atoms with Crippen LogP contribution in [0.1, 0.15) is 32.9 Å². The summed E-state index contributed by atoms with van der Waals surface area (Å²) in [7, 11) is 1.47. The first-order valence-corrected chi connectivity index (χ1v) is 9.98. The summed E-state index contributed by atoms with van der Waals surface area (Å²) in [6.07, 6.45) is -4.57. The molecule has 3 aromatic rings. The van der Waals surface area contributed by atoms with Crippen molar-refractivity contribution in [3.8, 4) is 11.5 Å². The van der Waals surface area contributed by atoms with Gasteiger partial charge in [0.15, 0.2) is 0 Å². The van der Waals surface area contributed by atoms with Crippen LogP contribution in [0.15, 0.2) is 47.0 Å². The van der Waals surface area contributed by atoms with Crippen LogP contribution in [-0.2, 0) is 17.5 Å². The first-order chi connectivity index (χ1) is 15.7. The largest absolute Gasteiger partial charge is 0.489 e. The number of hydrogen-bond donors (Lipinski definition) is 1. The fraction of sp³-hybridized carbons (Fsp3) is 0.304. The molecule has 1 aromatic heterocycles. The Balaban J connectivity index is 1.77. The number of hydrogen-bond acceptors (Lipinski definition) is 6. The van der Waals surface area contributed by atoms with Crippen molar-refractivity contribution in [2.45, 2.75) is 26.6 Å². The van der Waals surface area contributed by atoms with Gasteiger partial charge in [0.05, 0.1) is 29.1 Å². The molecule has 1 amide bonds. The molecule has 0 aliphatic rings. The summed E-state index contributed by atoms with van der Waals surface area (Å²) < 4.78 is 60.7. The molecule has 0 unspecified atom stereocenters. The number of nitrogens with zero attached hydrogens (tertiary/aromatic N) is 1. The van der Waals surface area contributed by atoms with Crippen molar-refractivity contribution >= 4 is 11.6 Å². The van der Waals surface area contributed by atoms with Gasteiger partial charge in [-0.1, -0.05) is 11.2 Å². The Morgan fingerprint density at radius 2 is 1.88 bits per heavy atom. The highest BCUT2D eigenvalue weighted by molar-refractivity contribution is 6.05. The topological polar surface area (TPSA) is 82.8 Å². The highest BCUT2D eigenvalue weighted by atomic mass is 19.4. The van der Waals surface area contributed by atoms with E-state index in [-0.39, 0.29) is 36.8 Å². The summed E-state index contributed by atoms with van der Waals surface area (Å²) in [4.78, 5) is 12.8. The average molecular weight is 464 g/mol. The van der Waals surface area contributed by atoms with E-state index in [0.717, 1.165) is 23.8 Å². The van der Waals surface area contributed by atoms with Gasteiger partial charge < -0.3 is 24.1 Å². The first kappa shape index (κ1) is 24.1. The molecular weight excluding hydrogens is 441 g/mol. The van der Waals surface area contributed by atoms with E-state index in [2.05, 4.69) is 10.5 Å². The van der Waals surface area contributed by atoms with Crippen LogP contribution in [0.5, 0.6) is 11.5 Å². The van der Waals surface area contributed by atoms with Crippen molar-refractivity contribution in [1.82, 2.24) is 5.16 Å². The van der Waals surface area contributed by atoms with Gasteiger partial charge in [0.2, 0.25) is 0 Å². The van der Waals surface area contributed by atoms with Gasteiger partial charge >= 0.3 is 6.18 Å². The molecule has 0 aliphatic heterocycles. The van der Waals surface area contributed by atoms with Crippen LogP contribution in [0.4, 0.5) is 18.9 Å². The molecule has 0 fully saturated rings. The summed E-state index contributed by atoms with van der Waals surface area (Å²) in [6.45, 7) is 4.09. The Hall–Kier alpha value is -3.53. The zero-order valence-electron chi connectivity index (χ0n) is 18.3. The van der Waals surface area contributed by atoms with Gasteiger partial charge in [-0.2, -0.15) is 13.2 Å². The second-order valence-electron chi connectivity index (χ2n) is 7.12. The lowest BCUT2D eigenvalue weighted by atomic mass is 10.1. The third-order valence-electron chi connectivity index (χ3n) is 4.76. The number of nitrogens with one attached hydrogen (secondary N) is 1. The maximum absolute atomic E-state index is 13.2. The minimum absolute atomic E-state index is 0.0965. The van der Waals surface area contributed by atoms with E-state index in [1.165, 1.54) is 19.2 Å². The molecule has 0 spiro atoms. The van der Waals surface area contributed by atoms with Gasteiger partial charge in [0, 0.05) is 12.7 Å². The molecule has 0 saturated carbocycles. The van der Waals surface area contributed by atoms with Crippen LogP contribution < -0.4 is 14.8 Å². The minimum atomic E-state index is -4.57. The smallest absolute Gasteiger partial charge is 0.416 e. The number of ether oxygens (including phenoxy) is 3. The number of rotatable bonds is 9. The van der Waals surface area contributed by atoms with Crippen LogP contribution in [0.2, 0.25) is 0 Å². The maximum atomic E-state index is 13.2. The van der Waals surface area contributed by atoms with Crippen molar-refractivity contribution < 1.29 is 36.7 Å². The zero-order chi connectivity index (χ0) is 24.0. The number of benzene rings is 2. The van der Waals surface area contributed by atoms with Crippen molar-refractivity contribution in [3.63, 3.8) is 0 Å². The van der Waals surface area contributed by atoms with Crippen LogP contribution >= 0.6 is 0 Å². The van der Waals surface area contributed by atoms with E-state index < -0.39 is 17.6 Å². The third kappa shape index (κ3) is 6.26. The lowest BCUT2D eigenvalue weighted by Crippen LogP contribution is -2.15. The number of anilines is 1. The summed E-state index contributed by atoms with van der Waals surface area (Å²) >= 11 is 0.